The lowest BCUT2D eigenvalue weighted by Crippen LogP contribution is -2.43. The van der Waals surface area contributed by atoms with E-state index in [-0.39, 0.29) is 23.5 Å². The number of carbonyl (C=O) groups is 1. The summed E-state index contributed by atoms with van der Waals surface area (Å²) in [5.41, 5.74) is 2.55. The molecule has 1 saturated heterocycles. The lowest BCUT2D eigenvalue weighted by atomic mass is 9.94. The van der Waals surface area contributed by atoms with Crippen LogP contribution in [0.1, 0.15) is 35.3 Å². The van der Waals surface area contributed by atoms with Gasteiger partial charge in [0.1, 0.15) is 16.9 Å². The van der Waals surface area contributed by atoms with Crippen molar-refractivity contribution >= 4 is 37.7 Å². The van der Waals surface area contributed by atoms with Gasteiger partial charge in [0.2, 0.25) is 5.91 Å². The molecule has 2 N–H and O–H groups in total. The van der Waals surface area contributed by atoms with E-state index in [1.807, 2.05) is 6.07 Å². The van der Waals surface area contributed by atoms with Gasteiger partial charge in [-0.3, -0.25) is 4.79 Å². The molecule has 3 aromatic rings. The minimum Gasteiger partial charge on any atom is -0.461 e. The first-order valence-electron chi connectivity index (χ1n) is 10.4. The number of aliphatic hydroxyl groups is 1. The van der Waals surface area contributed by atoms with Crippen LogP contribution in [0.15, 0.2) is 25.8 Å². The Morgan fingerprint density at radius 1 is 1.13 bits per heavy atom. The molecular weight excluding hydrogens is 422 g/mol. The molecule has 3 heterocycles. The number of furan rings is 1. The molecule has 2 atom stereocenters. The van der Waals surface area contributed by atoms with Crippen LogP contribution in [-0.4, -0.2) is 43.1 Å². The normalized spacial score (nSPS) is 22.6. The summed E-state index contributed by atoms with van der Waals surface area (Å²) >= 11 is 0. The van der Waals surface area contributed by atoms with Gasteiger partial charge in [-0.25, -0.2) is 13.2 Å². The van der Waals surface area contributed by atoms with Crippen molar-refractivity contribution in [3.05, 3.63) is 45.0 Å². The van der Waals surface area contributed by atoms with Crippen molar-refractivity contribution in [2.24, 2.45) is 0 Å². The maximum atomic E-state index is 12.6. The largest absolute Gasteiger partial charge is 0.461 e. The Morgan fingerprint density at radius 3 is 2.61 bits per heavy atom. The average molecular weight is 445 g/mol. The van der Waals surface area contributed by atoms with Gasteiger partial charge in [-0.1, -0.05) is 0 Å². The molecule has 0 saturated carbocycles. The highest BCUT2D eigenvalue weighted by Gasteiger charge is 2.37. The Morgan fingerprint density at radius 2 is 1.87 bits per heavy atom. The first-order chi connectivity index (χ1) is 14.7. The maximum Gasteiger partial charge on any atom is 0.340 e. The number of fused-ring (bicyclic) bond motifs is 4. The SMILES string of the molecule is Cc1c(CC(=O)N[C@H]2CS(=O)(=O)C[C@@H]2O)c(=O)oc2cc3oc4c(c3cc12)CCCC4. The Labute approximate surface area is 178 Å². The van der Waals surface area contributed by atoms with E-state index in [9.17, 15) is 23.1 Å². The highest BCUT2D eigenvalue weighted by atomic mass is 32.2. The lowest BCUT2D eigenvalue weighted by molar-refractivity contribution is -0.121. The summed E-state index contributed by atoms with van der Waals surface area (Å²) in [7, 11) is -3.39. The molecule has 2 aromatic heterocycles. The van der Waals surface area contributed by atoms with Gasteiger partial charge < -0.3 is 19.3 Å². The predicted octanol–water partition coefficient (Wildman–Crippen LogP) is 1.54. The zero-order valence-electron chi connectivity index (χ0n) is 17.1. The smallest absolute Gasteiger partial charge is 0.340 e. The van der Waals surface area contributed by atoms with Crippen LogP contribution in [0, 0.1) is 6.92 Å². The zero-order valence-corrected chi connectivity index (χ0v) is 17.9. The molecule has 1 aliphatic heterocycles. The minimum absolute atomic E-state index is 0.219. The van der Waals surface area contributed by atoms with Crippen molar-refractivity contribution in [1.29, 1.82) is 0 Å². The maximum absolute atomic E-state index is 12.6. The minimum atomic E-state index is -3.39. The third kappa shape index (κ3) is 3.55. The molecule has 0 spiro atoms. The summed E-state index contributed by atoms with van der Waals surface area (Å²) in [6.45, 7) is 1.77. The van der Waals surface area contributed by atoms with Crippen LogP contribution in [0.2, 0.25) is 0 Å². The number of sulfone groups is 1. The number of hydrogen-bond acceptors (Lipinski definition) is 7. The highest BCUT2D eigenvalue weighted by Crippen LogP contribution is 2.35. The van der Waals surface area contributed by atoms with Crippen molar-refractivity contribution in [1.82, 2.24) is 5.32 Å². The van der Waals surface area contributed by atoms with Crippen molar-refractivity contribution in [3.63, 3.8) is 0 Å². The number of benzene rings is 1. The van der Waals surface area contributed by atoms with Gasteiger partial charge in [0.25, 0.3) is 0 Å². The van der Waals surface area contributed by atoms with Gasteiger partial charge in [0.15, 0.2) is 9.84 Å². The predicted molar refractivity (Wildman–Crippen MR) is 114 cm³/mol. The molecular formula is C22H23NO7S. The zero-order chi connectivity index (χ0) is 21.9. The molecule has 8 nitrogen and oxygen atoms in total. The number of aryl methyl sites for hydroxylation is 3. The van der Waals surface area contributed by atoms with Gasteiger partial charge in [0, 0.05) is 28.8 Å². The van der Waals surface area contributed by atoms with Crippen molar-refractivity contribution in [2.45, 2.75) is 51.2 Å². The second-order valence-corrected chi connectivity index (χ2v) is 10.7. The van der Waals surface area contributed by atoms with Crippen LogP contribution in [0.25, 0.3) is 21.9 Å². The summed E-state index contributed by atoms with van der Waals surface area (Å²) in [6, 6.07) is 2.83. The van der Waals surface area contributed by atoms with Crippen LogP contribution in [0.3, 0.4) is 0 Å². The third-order valence-electron chi connectivity index (χ3n) is 6.37. The van der Waals surface area contributed by atoms with Gasteiger partial charge in [0.05, 0.1) is 35.6 Å². The quantitative estimate of drug-likeness (QED) is 0.586. The lowest BCUT2D eigenvalue weighted by Gasteiger charge is -2.15. The van der Waals surface area contributed by atoms with Gasteiger partial charge in [-0.2, -0.15) is 0 Å². The van der Waals surface area contributed by atoms with Crippen LogP contribution in [-0.2, 0) is 33.9 Å². The molecule has 0 unspecified atom stereocenters. The van der Waals surface area contributed by atoms with Crippen LogP contribution in [0.4, 0.5) is 0 Å². The summed E-state index contributed by atoms with van der Waals surface area (Å²) in [5.74, 6) is -0.228. The molecule has 5 rings (SSSR count). The third-order valence-corrected chi connectivity index (χ3v) is 8.09. The fourth-order valence-electron chi connectivity index (χ4n) is 4.73. The monoisotopic (exact) mass is 445 g/mol. The summed E-state index contributed by atoms with van der Waals surface area (Å²) in [4.78, 5) is 25.1. The second-order valence-electron chi connectivity index (χ2n) is 8.54. The summed E-state index contributed by atoms with van der Waals surface area (Å²) in [5, 5.41) is 14.2. The van der Waals surface area contributed by atoms with E-state index in [0.29, 0.717) is 16.7 Å². The van der Waals surface area contributed by atoms with Gasteiger partial charge in [-0.15, -0.1) is 0 Å². The summed E-state index contributed by atoms with van der Waals surface area (Å²) in [6.07, 6.45) is 2.65. The molecule has 31 heavy (non-hydrogen) atoms. The topological polar surface area (TPSA) is 127 Å². The van der Waals surface area contributed by atoms with E-state index in [1.54, 1.807) is 13.0 Å². The van der Waals surface area contributed by atoms with Crippen molar-refractivity contribution < 1.29 is 27.2 Å². The molecule has 164 valence electrons. The Kier molecular flexibility index (Phi) is 4.71. The Hall–Kier alpha value is -2.65. The van der Waals surface area contributed by atoms with Crippen LogP contribution in [0.5, 0.6) is 0 Å². The van der Waals surface area contributed by atoms with E-state index < -0.39 is 33.5 Å². The first-order valence-corrected chi connectivity index (χ1v) is 12.2. The number of nitrogens with one attached hydrogen (secondary N) is 1. The second kappa shape index (κ2) is 7.20. The number of carbonyl (C=O) groups excluding carboxylic acids is 1. The van der Waals surface area contributed by atoms with Crippen molar-refractivity contribution in [3.8, 4) is 0 Å². The van der Waals surface area contributed by atoms with E-state index in [0.717, 1.165) is 42.2 Å². The standard InChI is InChI=1S/C22H23NO7S/c1-11-13-6-15-12-4-2-3-5-18(12)29-20(15)8-19(13)30-22(26)14(11)7-21(25)23-16-9-31(27,28)10-17(16)24/h6,8,16-17,24H,2-5,7,9-10H2,1H3,(H,23,25)/t16-,17-/m0/s1. The van der Waals surface area contributed by atoms with E-state index in [2.05, 4.69) is 5.32 Å². The number of amides is 1. The average Bonchev–Trinajstić information content (AvgIpc) is 3.18. The van der Waals surface area contributed by atoms with Crippen LogP contribution >= 0.6 is 0 Å². The summed E-state index contributed by atoms with van der Waals surface area (Å²) < 4.78 is 34.8. The van der Waals surface area contributed by atoms with E-state index in [4.69, 9.17) is 8.83 Å². The van der Waals surface area contributed by atoms with E-state index in [1.165, 1.54) is 5.56 Å². The molecule has 2 aliphatic rings. The molecule has 1 fully saturated rings. The molecule has 0 bridgehead atoms. The molecule has 1 aliphatic carbocycles. The first kappa shape index (κ1) is 20.3. The molecule has 1 aromatic carbocycles. The fourth-order valence-corrected chi connectivity index (χ4v) is 6.48. The highest BCUT2D eigenvalue weighted by molar-refractivity contribution is 7.91. The Balaban J connectivity index is 1.49. The number of aliphatic hydroxyl groups excluding tert-OH is 1. The molecule has 0 radical (unpaired) electrons. The molecule has 1 amide bonds. The molecule has 9 heteroatoms. The Bertz CT molecular complexity index is 1380. The number of rotatable bonds is 3. The van der Waals surface area contributed by atoms with Gasteiger partial charge in [-0.05, 0) is 37.8 Å². The number of hydrogen-bond donors (Lipinski definition) is 2. The van der Waals surface area contributed by atoms with Crippen LogP contribution < -0.4 is 10.9 Å². The van der Waals surface area contributed by atoms with E-state index >= 15 is 0 Å². The van der Waals surface area contributed by atoms with Crippen molar-refractivity contribution in [2.75, 3.05) is 11.5 Å². The van der Waals surface area contributed by atoms with Gasteiger partial charge >= 0.3 is 5.63 Å². The fraction of sp³-hybridized carbons (Fsp3) is 0.455.